The fraction of sp³-hybridized carbons (Fsp3) is 0.400. The molecule has 2 atom stereocenters. The van der Waals surface area contributed by atoms with Crippen molar-refractivity contribution in [2.45, 2.75) is 18.4 Å². The van der Waals surface area contributed by atoms with Crippen LogP contribution in [-0.2, 0) is 0 Å². The number of likely N-dealkylation sites (tertiary alicyclic amines) is 1. The van der Waals surface area contributed by atoms with Gasteiger partial charge in [-0.15, -0.1) is 0 Å². The van der Waals surface area contributed by atoms with Crippen molar-refractivity contribution in [3.05, 3.63) is 42.1 Å². The Morgan fingerprint density at radius 3 is 2.89 bits per heavy atom. The van der Waals surface area contributed by atoms with Crippen LogP contribution in [0.2, 0.25) is 0 Å². The molecule has 18 heavy (non-hydrogen) atoms. The first-order valence-electron chi connectivity index (χ1n) is 6.52. The van der Waals surface area contributed by atoms with Crippen LogP contribution in [0, 0.1) is 0 Å². The van der Waals surface area contributed by atoms with Crippen LogP contribution in [0.5, 0.6) is 0 Å². The number of likely N-dealkylation sites (N-methyl/N-ethyl adjacent to an activating group) is 1. The Labute approximate surface area is 108 Å². The van der Waals surface area contributed by atoms with E-state index >= 15 is 0 Å². The van der Waals surface area contributed by atoms with E-state index in [0.717, 1.165) is 25.0 Å². The van der Waals surface area contributed by atoms with Crippen LogP contribution < -0.4 is 5.73 Å². The van der Waals surface area contributed by atoms with Crippen molar-refractivity contribution in [2.24, 2.45) is 5.73 Å². The van der Waals surface area contributed by atoms with Gasteiger partial charge in [-0.1, -0.05) is 18.2 Å². The lowest BCUT2D eigenvalue weighted by atomic mass is 9.87. The van der Waals surface area contributed by atoms with Gasteiger partial charge in [0.2, 0.25) is 0 Å². The number of nitrogens with two attached hydrogens (primary N) is 1. The Kier molecular flexibility index (Phi) is 3.02. The second kappa shape index (κ2) is 4.67. The molecule has 2 unspecified atom stereocenters. The summed E-state index contributed by atoms with van der Waals surface area (Å²) < 4.78 is 0. The molecule has 2 N–H and O–H groups in total. The molecule has 2 aromatic rings. The minimum Gasteiger partial charge on any atom is -0.327 e. The molecule has 2 heterocycles. The highest BCUT2D eigenvalue weighted by molar-refractivity contribution is 5.82. The van der Waals surface area contributed by atoms with E-state index in [1.807, 2.05) is 12.3 Å². The van der Waals surface area contributed by atoms with Gasteiger partial charge in [0, 0.05) is 30.7 Å². The molecule has 0 spiro atoms. The van der Waals surface area contributed by atoms with E-state index in [9.17, 15) is 0 Å². The number of pyridine rings is 1. The molecule has 94 valence electrons. The number of hydrogen-bond donors (Lipinski definition) is 1. The van der Waals surface area contributed by atoms with Crippen molar-refractivity contribution < 1.29 is 0 Å². The van der Waals surface area contributed by atoms with E-state index in [1.165, 1.54) is 10.9 Å². The average Bonchev–Trinajstić information content (AvgIpc) is 2.37. The molecular weight excluding hydrogens is 222 g/mol. The van der Waals surface area contributed by atoms with Gasteiger partial charge in [0.15, 0.2) is 0 Å². The summed E-state index contributed by atoms with van der Waals surface area (Å²) in [6, 6.07) is 10.8. The van der Waals surface area contributed by atoms with Crippen LogP contribution in [0.1, 0.15) is 17.9 Å². The molecule has 1 fully saturated rings. The fourth-order valence-electron chi connectivity index (χ4n) is 3.06. The van der Waals surface area contributed by atoms with Crippen LogP contribution in [0.15, 0.2) is 36.5 Å². The lowest BCUT2D eigenvalue weighted by Gasteiger charge is -2.34. The molecule has 1 aliphatic heterocycles. The number of para-hydroxylation sites is 1. The van der Waals surface area contributed by atoms with Gasteiger partial charge in [-0.3, -0.25) is 4.98 Å². The Morgan fingerprint density at radius 1 is 1.22 bits per heavy atom. The lowest BCUT2D eigenvalue weighted by Crippen LogP contribution is -2.44. The highest BCUT2D eigenvalue weighted by atomic mass is 15.1. The normalized spacial score (nSPS) is 25.4. The van der Waals surface area contributed by atoms with Gasteiger partial charge in [0.05, 0.1) is 5.52 Å². The molecule has 0 saturated carbocycles. The summed E-state index contributed by atoms with van der Waals surface area (Å²) in [5, 5.41) is 1.27. The quantitative estimate of drug-likeness (QED) is 0.830. The summed E-state index contributed by atoms with van der Waals surface area (Å²) in [7, 11) is 2.15. The predicted octanol–water partition coefficient (Wildman–Crippen LogP) is 1.98. The summed E-state index contributed by atoms with van der Waals surface area (Å²) in [5.41, 5.74) is 8.61. The third-order valence-corrected chi connectivity index (χ3v) is 3.79. The number of aromatic nitrogens is 1. The maximum atomic E-state index is 6.14. The summed E-state index contributed by atoms with van der Waals surface area (Å²) in [4.78, 5) is 6.76. The van der Waals surface area contributed by atoms with Gasteiger partial charge in [0.1, 0.15) is 0 Å². The standard InChI is InChI=1S/C15H19N3/c1-18-9-11(8-12(16)10-18)13-6-7-17-15-5-3-2-4-14(13)15/h2-7,11-12H,8-10,16H2,1H3. The largest absolute Gasteiger partial charge is 0.327 e. The van der Waals surface area contributed by atoms with E-state index in [4.69, 9.17) is 5.73 Å². The zero-order valence-corrected chi connectivity index (χ0v) is 10.7. The number of fused-ring (bicyclic) bond motifs is 1. The van der Waals surface area contributed by atoms with Crippen molar-refractivity contribution in [1.82, 2.24) is 9.88 Å². The molecule has 3 rings (SSSR count). The van der Waals surface area contributed by atoms with Crippen molar-refractivity contribution in [3.8, 4) is 0 Å². The second-order valence-electron chi connectivity index (χ2n) is 5.33. The Bertz CT molecular complexity index is 537. The summed E-state index contributed by atoms with van der Waals surface area (Å²) >= 11 is 0. The molecule has 0 aliphatic carbocycles. The van der Waals surface area contributed by atoms with Crippen LogP contribution in [0.25, 0.3) is 10.9 Å². The van der Waals surface area contributed by atoms with Gasteiger partial charge in [-0.2, -0.15) is 0 Å². The Morgan fingerprint density at radius 2 is 2.06 bits per heavy atom. The van der Waals surface area contributed by atoms with Gasteiger partial charge in [0.25, 0.3) is 0 Å². The molecule has 1 saturated heterocycles. The van der Waals surface area contributed by atoms with Crippen LogP contribution in [-0.4, -0.2) is 36.1 Å². The second-order valence-corrected chi connectivity index (χ2v) is 5.33. The summed E-state index contributed by atoms with van der Waals surface area (Å²) in [6.45, 7) is 2.08. The highest BCUT2D eigenvalue weighted by Gasteiger charge is 2.25. The van der Waals surface area contributed by atoms with E-state index in [2.05, 4.69) is 41.2 Å². The minimum absolute atomic E-state index is 0.278. The van der Waals surface area contributed by atoms with Gasteiger partial charge >= 0.3 is 0 Å². The average molecular weight is 241 g/mol. The lowest BCUT2D eigenvalue weighted by molar-refractivity contribution is 0.227. The number of benzene rings is 1. The zero-order chi connectivity index (χ0) is 12.5. The molecule has 1 aromatic carbocycles. The van der Waals surface area contributed by atoms with Crippen molar-refractivity contribution in [2.75, 3.05) is 20.1 Å². The van der Waals surface area contributed by atoms with Crippen LogP contribution in [0.3, 0.4) is 0 Å². The van der Waals surface area contributed by atoms with Gasteiger partial charge in [-0.05, 0) is 37.1 Å². The Balaban J connectivity index is 2.03. The monoisotopic (exact) mass is 241 g/mol. The first kappa shape index (κ1) is 11.6. The molecule has 3 nitrogen and oxygen atoms in total. The van der Waals surface area contributed by atoms with E-state index in [0.29, 0.717) is 5.92 Å². The first-order chi connectivity index (χ1) is 8.74. The maximum Gasteiger partial charge on any atom is 0.0704 e. The van der Waals surface area contributed by atoms with E-state index < -0.39 is 0 Å². The molecule has 1 aromatic heterocycles. The SMILES string of the molecule is CN1CC(N)CC(c2ccnc3ccccc23)C1. The predicted molar refractivity (Wildman–Crippen MR) is 74.6 cm³/mol. The smallest absolute Gasteiger partial charge is 0.0704 e. The zero-order valence-electron chi connectivity index (χ0n) is 10.7. The molecular formula is C15H19N3. The van der Waals surface area contributed by atoms with Gasteiger partial charge in [-0.25, -0.2) is 0 Å². The number of rotatable bonds is 1. The third-order valence-electron chi connectivity index (χ3n) is 3.79. The van der Waals surface area contributed by atoms with Crippen molar-refractivity contribution in [3.63, 3.8) is 0 Å². The number of piperidine rings is 1. The summed E-state index contributed by atoms with van der Waals surface area (Å²) in [6.07, 6.45) is 2.98. The first-order valence-corrected chi connectivity index (χ1v) is 6.52. The maximum absolute atomic E-state index is 6.14. The Hall–Kier alpha value is -1.45. The van der Waals surface area contributed by atoms with E-state index in [-0.39, 0.29) is 6.04 Å². The van der Waals surface area contributed by atoms with Crippen LogP contribution >= 0.6 is 0 Å². The third kappa shape index (κ3) is 2.11. The van der Waals surface area contributed by atoms with E-state index in [1.54, 1.807) is 0 Å². The molecule has 1 aliphatic rings. The molecule has 0 bridgehead atoms. The highest BCUT2D eigenvalue weighted by Crippen LogP contribution is 2.30. The van der Waals surface area contributed by atoms with Crippen molar-refractivity contribution >= 4 is 10.9 Å². The molecule has 0 radical (unpaired) electrons. The van der Waals surface area contributed by atoms with Crippen molar-refractivity contribution in [1.29, 1.82) is 0 Å². The molecule has 0 amide bonds. The number of nitrogens with zero attached hydrogens (tertiary/aromatic N) is 2. The fourth-order valence-corrected chi connectivity index (χ4v) is 3.06. The summed E-state index contributed by atoms with van der Waals surface area (Å²) in [5.74, 6) is 0.520. The number of hydrogen-bond acceptors (Lipinski definition) is 3. The minimum atomic E-state index is 0.278. The van der Waals surface area contributed by atoms with Crippen LogP contribution in [0.4, 0.5) is 0 Å². The molecule has 3 heteroatoms. The van der Waals surface area contributed by atoms with Gasteiger partial charge < -0.3 is 10.6 Å². The topological polar surface area (TPSA) is 42.1 Å².